The van der Waals surface area contributed by atoms with Crippen LogP contribution < -0.4 is 9.46 Å². The van der Waals surface area contributed by atoms with Crippen molar-refractivity contribution in [2.45, 2.75) is 31.6 Å². The van der Waals surface area contributed by atoms with E-state index in [2.05, 4.69) is 18.6 Å². The third kappa shape index (κ3) is 5.88. The lowest BCUT2D eigenvalue weighted by atomic mass is 9.97. The number of piperidine rings is 1. The minimum Gasteiger partial charge on any atom is -0.493 e. The fourth-order valence-corrected chi connectivity index (χ4v) is 3.85. The molecule has 1 aromatic rings. The highest BCUT2D eigenvalue weighted by atomic mass is 32.2. The van der Waals surface area contributed by atoms with E-state index in [1.54, 1.807) is 29.2 Å². The molecule has 7 nitrogen and oxygen atoms in total. The molecule has 0 unspecified atom stereocenters. The topological polar surface area (TPSA) is 84.9 Å². The van der Waals surface area contributed by atoms with Gasteiger partial charge in [-0.2, -0.15) is 0 Å². The predicted octanol–water partition coefficient (Wildman–Crippen LogP) is 2.48. The van der Waals surface area contributed by atoms with Gasteiger partial charge in [-0.3, -0.25) is 0 Å². The minimum absolute atomic E-state index is 0.208. The molecule has 1 N–H and O–H groups in total. The molecule has 2 rings (SSSR count). The van der Waals surface area contributed by atoms with Crippen molar-refractivity contribution in [3.05, 3.63) is 24.3 Å². The van der Waals surface area contributed by atoms with Gasteiger partial charge >= 0.3 is 6.09 Å². The Morgan fingerprint density at radius 1 is 1.23 bits per heavy atom. The van der Waals surface area contributed by atoms with E-state index < -0.39 is 10.0 Å². The number of carbonyl (C=O) groups is 1. The standard InChI is InChI=1S/C18H28N2O5S/c1-14(2)13-25-16-4-6-17(7-5-16)26(22,23)19-12-15-8-10-20(11-9-15)18(21)24-3/h4-7,14-15,19H,8-13H2,1-3H3. The van der Waals surface area contributed by atoms with E-state index >= 15 is 0 Å². The van der Waals surface area contributed by atoms with Crippen molar-refractivity contribution in [3.8, 4) is 5.75 Å². The summed E-state index contributed by atoms with van der Waals surface area (Å²) in [6.07, 6.45) is 1.17. The van der Waals surface area contributed by atoms with Crippen LogP contribution >= 0.6 is 0 Å². The van der Waals surface area contributed by atoms with Crippen LogP contribution in [0.5, 0.6) is 5.75 Å². The van der Waals surface area contributed by atoms with E-state index in [1.165, 1.54) is 7.11 Å². The summed E-state index contributed by atoms with van der Waals surface area (Å²) in [7, 11) is -2.19. The number of carbonyl (C=O) groups excluding carboxylic acids is 1. The first-order valence-electron chi connectivity index (χ1n) is 8.87. The van der Waals surface area contributed by atoms with Crippen molar-refractivity contribution >= 4 is 16.1 Å². The molecule has 1 fully saturated rings. The number of methoxy groups -OCH3 is 1. The Kier molecular flexibility index (Phi) is 7.28. The molecule has 1 aromatic carbocycles. The molecule has 0 radical (unpaired) electrons. The molecular formula is C18H28N2O5S. The lowest BCUT2D eigenvalue weighted by Crippen LogP contribution is -2.41. The summed E-state index contributed by atoms with van der Waals surface area (Å²) in [5.74, 6) is 1.28. The average Bonchev–Trinajstić information content (AvgIpc) is 2.65. The number of hydrogen-bond donors (Lipinski definition) is 1. The summed E-state index contributed by atoms with van der Waals surface area (Å²) in [6.45, 7) is 6.23. The van der Waals surface area contributed by atoms with Crippen LogP contribution in [0.1, 0.15) is 26.7 Å². The van der Waals surface area contributed by atoms with E-state index in [0.717, 1.165) is 12.8 Å². The van der Waals surface area contributed by atoms with Gasteiger partial charge in [0.25, 0.3) is 0 Å². The maximum absolute atomic E-state index is 12.4. The third-order valence-corrected chi connectivity index (χ3v) is 5.77. The van der Waals surface area contributed by atoms with Gasteiger partial charge in [-0.25, -0.2) is 17.9 Å². The number of sulfonamides is 1. The second-order valence-corrected chi connectivity index (χ2v) is 8.70. The van der Waals surface area contributed by atoms with E-state index in [-0.39, 0.29) is 16.9 Å². The van der Waals surface area contributed by atoms with Crippen LogP contribution in [0.25, 0.3) is 0 Å². The summed E-state index contributed by atoms with van der Waals surface area (Å²) in [5.41, 5.74) is 0. The van der Waals surface area contributed by atoms with Gasteiger partial charge in [0, 0.05) is 19.6 Å². The summed E-state index contributed by atoms with van der Waals surface area (Å²) in [6, 6.07) is 6.45. The van der Waals surface area contributed by atoms with Crippen molar-refractivity contribution in [1.29, 1.82) is 0 Å². The van der Waals surface area contributed by atoms with Gasteiger partial charge in [0.2, 0.25) is 10.0 Å². The maximum atomic E-state index is 12.4. The van der Waals surface area contributed by atoms with Gasteiger partial charge in [-0.15, -0.1) is 0 Å². The molecule has 0 atom stereocenters. The summed E-state index contributed by atoms with van der Waals surface area (Å²) >= 11 is 0. The SMILES string of the molecule is COC(=O)N1CCC(CNS(=O)(=O)c2ccc(OCC(C)C)cc2)CC1. The molecule has 0 saturated carbocycles. The number of nitrogens with one attached hydrogen (secondary N) is 1. The van der Waals surface area contributed by atoms with E-state index in [4.69, 9.17) is 9.47 Å². The predicted molar refractivity (Wildman–Crippen MR) is 98.7 cm³/mol. The zero-order valence-electron chi connectivity index (χ0n) is 15.6. The van der Waals surface area contributed by atoms with Crippen LogP contribution in [0.3, 0.4) is 0 Å². The smallest absolute Gasteiger partial charge is 0.409 e. The molecule has 1 amide bonds. The molecule has 0 spiro atoms. The Labute approximate surface area is 155 Å². The fraction of sp³-hybridized carbons (Fsp3) is 0.611. The second kappa shape index (κ2) is 9.23. The van der Waals surface area contributed by atoms with E-state index in [1.807, 2.05) is 0 Å². The van der Waals surface area contributed by atoms with Crippen LogP contribution in [0.15, 0.2) is 29.2 Å². The van der Waals surface area contributed by atoms with Crippen molar-refractivity contribution in [1.82, 2.24) is 9.62 Å². The first-order chi connectivity index (χ1) is 12.3. The molecule has 0 aromatic heterocycles. The van der Waals surface area contributed by atoms with E-state index in [9.17, 15) is 13.2 Å². The van der Waals surface area contributed by atoms with Crippen LogP contribution in [0.4, 0.5) is 4.79 Å². The van der Waals surface area contributed by atoms with Gasteiger partial charge in [0.15, 0.2) is 0 Å². The molecule has 26 heavy (non-hydrogen) atoms. The van der Waals surface area contributed by atoms with Crippen molar-refractivity contribution in [2.75, 3.05) is 33.4 Å². The molecular weight excluding hydrogens is 356 g/mol. The number of likely N-dealkylation sites (tertiary alicyclic amines) is 1. The van der Waals surface area contributed by atoms with Gasteiger partial charge in [-0.1, -0.05) is 13.8 Å². The molecule has 0 bridgehead atoms. The fourth-order valence-electron chi connectivity index (χ4n) is 2.74. The highest BCUT2D eigenvalue weighted by Crippen LogP contribution is 2.19. The minimum atomic E-state index is -3.55. The Bertz CT molecular complexity index is 680. The van der Waals surface area contributed by atoms with Crippen molar-refractivity contribution in [3.63, 3.8) is 0 Å². The van der Waals surface area contributed by atoms with Gasteiger partial charge in [0.05, 0.1) is 18.6 Å². The van der Waals surface area contributed by atoms with Crippen molar-refractivity contribution in [2.24, 2.45) is 11.8 Å². The summed E-state index contributed by atoms with van der Waals surface area (Å²) < 4.78 is 37.8. The lowest BCUT2D eigenvalue weighted by molar-refractivity contribution is 0.106. The lowest BCUT2D eigenvalue weighted by Gasteiger charge is -2.30. The number of rotatable bonds is 7. The van der Waals surface area contributed by atoms with Crippen LogP contribution in [-0.2, 0) is 14.8 Å². The van der Waals surface area contributed by atoms with Crippen LogP contribution in [0, 0.1) is 11.8 Å². The number of ether oxygens (including phenoxy) is 2. The largest absolute Gasteiger partial charge is 0.493 e. The molecule has 8 heteroatoms. The van der Waals surface area contributed by atoms with Gasteiger partial charge < -0.3 is 14.4 Å². The monoisotopic (exact) mass is 384 g/mol. The normalized spacial score (nSPS) is 15.9. The summed E-state index contributed by atoms with van der Waals surface area (Å²) in [5, 5.41) is 0. The number of benzene rings is 1. The van der Waals surface area contributed by atoms with Crippen molar-refractivity contribution < 1.29 is 22.7 Å². The maximum Gasteiger partial charge on any atom is 0.409 e. The quantitative estimate of drug-likeness (QED) is 0.781. The zero-order chi connectivity index (χ0) is 19.2. The highest BCUT2D eigenvalue weighted by molar-refractivity contribution is 7.89. The molecule has 1 aliphatic heterocycles. The zero-order valence-corrected chi connectivity index (χ0v) is 16.4. The molecule has 1 aliphatic rings. The van der Waals surface area contributed by atoms with Gasteiger partial charge in [0.1, 0.15) is 5.75 Å². The first-order valence-corrected chi connectivity index (χ1v) is 10.4. The van der Waals surface area contributed by atoms with Crippen LogP contribution in [0.2, 0.25) is 0 Å². The highest BCUT2D eigenvalue weighted by Gasteiger charge is 2.24. The Morgan fingerprint density at radius 2 is 1.85 bits per heavy atom. The second-order valence-electron chi connectivity index (χ2n) is 6.93. The van der Waals surface area contributed by atoms with E-state index in [0.29, 0.717) is 37.9 Å². The number of amides is 1. The Balaban J connectivity index is 1.84. The average molecular weight is 384 g/mol. The number of nitrogens with zero attached hydrogens (tertiary/aromatic N) is 1. The summed E-state index contributed by atoms with van der Waals surface area (Å²) in [4.78, 5) is 13.3. The molecule has 146 valence electrons. The Morgan fingerprint density at radius 3 is 2.38 bits per heavy atom. The third-order valence-electron chi connectivity index (χ3n) is 4.33. The Hall–Kier alpha value is -1.80. The molecule has 0 aliphatic carbocycles. The molecule has 1 heterocycles. The number of hydrogen-bond acceptors (Lipinski definition) is 5. The van der Waals surface area contributed by atoms with Gasteiger partial charge in [-0.05, 0) is 48.9 Å². The van der Waals surface area contributed by atoms with Crippen LogP contribution in [-0.4, -0.2) is 52.8 Å². The molecule has 1 saturated heterocycles. The first kappa shape index (κ1) is 20.5.